The largest absolute Gasteiger partial charge is 0.479 e. The Balaban J connectivity index is 1.71. The third-order valence-corrected chi connectivity index (χ3v) is 6.67. The highest BCUT2D eigenvalue weighted by Gasteiger charge is 2.61. The first-order valence-corrected chi connectivity index (χ1v) is 9.23. The molecule has 2 aliphatic carbocycles. The highest BCUT2D eigenvalue weighted by molar-refractivity contribution is 5.92. The molecule has 124 valence electrons. The van der Waals surface area contributed by atoms with Gasteiger partial charge in [0.15, 0.2) is 5.60 Å². The van der Waals surface area contributed by atoms with E-state index in [0.29, 0.717) is 5.92 Å². The van der Waals surface area contributed by atoms with Crippen molar-refractivity contribution < 1.29 is 9.47 Å². The van der Waals surface area contributed by atoms with E-state index in [1.807, 2.05) is 7.11 Å². The predicted octanol–water partition coefficient (Wildman–Crippen LogP) is 5.35. The van der Waals surface area contributed by atoms with Crippen molar-refractivity contribution in [2.24, 2.45) is 5.92 Å². The van der Waals surface area contributed by atoms with Gasteiger partial charge >= 0.3 is 0 Å². The fraction of sp³-hybridized carbons (Fsp3) is 0.455. The first kappa shape index (κ1) is 14.5. The van der Waals surface area contributed by atoms with Crippen molar-refractivity contribution in [3.8, 4) is 5.75 Å². The summed E-state index contributed by atoms with van der Waals surface area (Å²) in [6.45, 7) is 0. The van der Waals surface area contributed by atoms with Crippen LogP contribution < -0.4 is 4.74 Å². The summed E-state index contributed by atoms with van der Waals surface area (Å²) in [6, 6.07) is 12.9. The molecule has 5 rings (SSSR count). The van der Waals surface area contributed by atoms with E-state index in [2.05, 4.69) is 48.6 Å². The van der Waals surface area contributed by atoms with Gasteiger partial charge in [-0.05, 0) is 50.0 Å². The van der Waals surface area contributed by atoms with Crippen LogP contribution in [0.2, 0.25) is 0 Å². The van der Waals surface area contributed by atoms with Crippen LogP contribution in [0, 0.1) is 5.92 Å². The van der Waals surface area contributed by atoms with E-state index in [9.17, 15) is 0 Å². The summed E-state index contributed by atoms with van der Waals surface area (Å²) in [5, 5.41) is 2.46. The molecule has 2 bridgehead atoms. The lowest BCUT2D eigenvalue weighted by Crippen LogP contribution is -2.66. The second-order valence-corrected chi connectivity index (χ2v) is 7.61. The van der Waals surface area contributed by atoms with Crippen LogP contribution >= 0.6 is 0 Å². The lowest BCUT2D eigenvalue weighted by atomic mass is 9.57. The molecule has 2 fully saturated rings. The normalized spacial score (nSPS) is 34.1. The van der Waals surface area contributed by atoms with Crippen LogP contribution in [-0.4, -0.2) is 18.3 Å². The van der Waals surface area contributed by atoms with Crippen molar-refractivity contribution in [1.29, 1.82) is 0 Å². The summed E-state index contributed by atoms with van der Waals surface area (Å²) in [6.07, 6.45) is 11.8. The molecule has 0 aromatic heterocycles. The first-order valence-electron chi connectivity index (χ1n) is 9.23. The zero-order chi connectivity index (χ0) is 16.2. The van der Waals surface area contributed by atoms with E-state index in [0.717, 1.165) is 18.6 Å². The fourth-order valence-corrected chi connectivity index (χ4v) is 5.48. The molecule has 0 radical (unpaired) electrons. The Labute approximate surface area is 143 Å². The predicted molar refractivity (Wildman–Crippen MR) is 97.3 cm³/mol. The maximum Gasteiger partial charge on any atom is 0.159 e. The zero-order valence-electron chi connectivity index (χ0n) is 14.3. The maximum atomic E-state index is 6.92. The minimum Gasteiger partial charge on any atom is -0.479 e. The van der Waals surface area contributed by atoms with Gasteiger partial charge in [0, 0.05) is 24.0 Å². The molecule has 1 atom stereocenters. The SMILES string of the molecule is COC12CCCC(CCC1)C21C=Cc2ccc3ccccc3c2O1. The molecular weight excluding hydrogens is 296 g/mol. The van der Waals surface area contributed by atoms with E-state index in [4.69, 9.17) is 9.47 Å². The molecule has 2 saturated carbocycles. The Morgan fingerprint density at radius 2 is 1.83 bits per heavy atom. The standard InChI is InChI=1S/C22H24O2/c1-23-21-13-4-7-18(8-5-14-21)22(21)15-12-17-11-10-16-6-2-3-9-19(16)20(17)24-22/h2-3,6,9-12,15,18H,4-5,7-8,13-14H2,1H3. The third kappa shape index (κ3) is 1.75. The smallest absolute Gasteiger partial charge is 0.159 e. The molecule has 2 aromatic rings. The Kier molecular flexibility index (Phi) is 3.09. The van der Waals surface area contributed by atoms with Crippen molar-refractivity contribution >= 4 is 16.8 Å². The molecule has 1 spiro atoms. The average molecular weight is 320 g/mol. The van der Waals surface area contributed by atoms with Crippen LogP contribution in [0.1, 0.15) is 44.1 Å². The van der Waals surface area contributed by atoms with Crippen LogP contribution in [0.3, 0.4) is 0 Å². The van der Waals surface area contributed by atoms with Crippen LogP contribution in [0.5, 0.6) is 5.75 Å². The van der Waals surface area contributed by atoms with Crippen LogP contribution in [0.25, 0.3) is 16.8 Å². The molecular formula is C22H24O2. The van der Waals surface area contributed by atoms with Crippen molar-refractivity contribution in [3.05, 3.63) is 48.0 Å². The van der Waals surface area contributed by atoms with E-state index < -0.39 is 0 Å². The van der Waals surface area contributed by atoms with Gasteiger partial charge in [-0.25, -0.2) is 0 Å². The van der Waals surface area contributed by atoms with Gasteiger partial charge in [0.25, 0.3) is 0 Å². The topological polar surface area (TPSA) is 18.5 Å². The number of hydrogen-bond donors (Lipinski definition) is 0. The first-order chi connectivity index (χ1) is 11.8. The molecule has 0 saturated heterocycles. The van der Waals surface area contributed by atoms with Gasteiger partial charge in [-0.3, -0.25) is 0 Å². The van der Waals surface area contributed by atoms with Gasteiger partial charge in [-0.15, -0.1) is 0 Å². The van der Waals surface area contributed by atoms with Gasteiger partial charge in [0.2, 0.25) is 0 Å². The van der Waals surface area contributed by atoms with Crippen LogP contribution in [0.4, 0.5) is 0 Å². The molecule has 1 unspecified atom stereocenters. The lowest BCUT2D eigenvalue weighted by Gasteiger charge is -2.58. The molecule has 3 aliphatic rings. The monoisotopic (exact) mass is 320 g/mol. The highest BCUT2D eigenvalue weighted by atomic mass is 16.6. The summed E-state index contributed by atoms with van der Waals surface area (Å²) in [7, 11) is 1.88. The number of benzene rings is 2. The van der Waals surface area contributed by atoms with E-state index in [1.54, 1.807) is 0 Å². The van der Waals surface area contributed by atoms with Gasteiger partial charge in [-0.2, -0.15) is 0 Å². The number of fused-ring (bicyclic) bond motifs is 3. The van der Waals surface area contributed by atoms with Crippen molar-refractivity contribution in [2.75, 3.05) is 7.11 Å². The van der Waals surface area contributed by atoms with E-state index in [-0.39, 0.29) is 11.2 Å². The molecule has 0 amide bonds. The zero-order valence-corrected chi connectivity index (χ0v) is 14.3. The summed E-state index contributed by atoms with van der Waals surface area (Å²) >= 11 is 0. The van der Waals surface area contributed by atoms with Gasteiger partial charge < -0.3 is 9.47 Å². The quantitative estimate of drug-likeness (QED) is 0.705. The lowest BCUT2D eigenvalue weighted by molar-refractivity contribution is -0.200. The van der Waals surface area contributed by atoms with Crippen LogP contribution in [-0.2, 0) is 4.74 Å². The summed E-state index contributed by atoms with van der Waals surface area (Å²) < 4.78 is 13.1. The van der Waals surface area contributed by atoms with Gasteiger partial charge in [0.05, 0.1) is 0 Å². The molecule has 24 heavy (non-hydrogen) atoms. The molecule has 0 N–H and O–H groups in total. The molecule has 1 aliphatic heterocycles. The Bertz CT molecular complexity index is 812. The second kappa shape index (κ2) is 5.10. The average Bonchev–Trinajstić information content (AvgIpc) is 2.62. The van der Waals surface area contributed by atoms with Crippen molar-refractivity contribution in [2.45, 2.75) is 49.7 Å². The van der Waals surface area contributed by atoms with E-state index in [1.165, 1.54) is 42.0 Å². The number of ether oxygens (including phenoxy) is 2. The number of hydrogen-bond acceptors (Lipinski definition) is 2. The molecule has 2 heteroatoms. The van der Waals surface area contributed by atoms with Gasteiger partial charge in [0.1, 0.15) is 11.4 Å². The number of rotatable bonds is 1. The number of methoxy groups -OCH3 is 1. The summed E-state index contributed by atoms with van der Waals surface area (Å²) in [5.74, 6) is 1.61. The van der Waals surface area contributed by atoms with E-state index >= 15 is 0 Å². The summed E-state index contributed by atoms with van der Waals surface area (Å²) in [5.41, 5.74) is 0.725. The summed E-state index contributed by atoms with van der Waals surface area (Å²) in [4.78, 5) is 0. The van der Waals surface area contributed by atoms with Crippen LogP contribution in [0.15, 0.2) is 42.5 Å². The fourth-order valence-electron chi connectivity index (χ4n) is 5.48. The maximum absolute atomic E-state index is 6.92. The third-order valence-electron chi connectivity index (χ3n) is 6.67. The molecule has 2 nitrogen and oxygen atoms in total. The van der Waals surface area contributed by atoms with Gasteiger partial charge in [-0.1, -0.05) is 42.5 Å². The Morgan fingerprint density at radius 1 is 1.04 bits per heavy atom. The molecule has 1 heterocycles. The van der Waals surface area contributed by atoms with Crippen molar-refractivity contribution in [1.82, 2.24) is 0 Å². The minimum atomic E-state index is -0.296. The Morgan fingerprint density at radius 3 is 2.62 bits per heavy atom. The second-order valence-electron chi connectivity index (χ2n) is 7.61. The molecule has 2 aromatic carbocycles. The minimum absolute atomic E-state index is 0.167. The highest BCUT2D eigenvalue weighted by Crippen LogP contribution is 2.56. The Hall–Kier alpha value is -1.80. The van der Waals surface area contributed by atoms with Crippen molar-refractivity contribution in [3.63, 3.8) is 0 Å².